The lowest BCUT2D eigenvalue weighted by Crippen LogP contribution is -2.24. The van der Waals surface area contributed by atoms with E-state index < -0.39 is 11.6 Å². The van der Waals surface area contributed by atoms with Gasteiger partial charge in [-0.3, -0.25) is 9.78 Å². The second kappa shape index (κ2) is 9.56. The van der Waals surface area contributed by atoms with Crippen molar-refractivity contribution in [3.05, 3.63) is 71.6 Å². The van der Waals surface area contributed by atoms with Crippen LogP contribution in [0, 0.1) is 12.8 Å². The number of alkyl halides is 1. The Hall–Kier alpha value is -2.79. The summed E-state index contributed by atoms with van der Waals surface area (Å²) in [6.45, 7) is 10.1. The van der Waals surface area contributed by atoms with Gasteiger partial charge in [-0.1, -0.05) is 49.4 Å². The molecule has 164 valence electrons. The number of nitrogens with zero attached hydrogens (tertiary/aromatic N) is 1. The third kappa shape index (κ3) is 5.67. The molecule has 3 rings (SSSR count). The summed E-state index contributed by atoms with van der Waals surface area (Å²) in [4.78, 5) is 17.4. The first-order valence-corrected chi connectivity index (χ1v) is 10.7. The largest absolute Gasteiger partial charge is 0.380 e. The third-order valence-electron chi connectivity index (χ3n) is 5.77. The van der Waals surface area contributed by atoms with Gasteiger partial charge in [0.05, 0.1) is 25.1 Å². The lowest BCUT2D eigenvalue weighted by Gasteiger charge is -2.26. The number of pyridine rings is 1. The Kier molecular flexibility index (Phi) is 7.06. The van der Waals surface area contributed by atoms with Crippen molar-refractivity contribution >= 4 is 11.6 Å². The molecule has 1 aliphatic heterocycles. The molecule has 2 aromatic rings. The van der Waals surface area contributed by atoms with E-state index in [-0.39, 0.29) is 5.91 Å². The van der Waals surface area contributed by atoms with Crippen molar-refractivity contribution in [2.45, 2.75) is 46.2 Å². The molecule has 0 saturated carbocycles. The van der Waals surface area contributed by atoms with Gasteiger partial charge < -0.3 is 10.1 Å². The van der Waals surface area contributed by atoms with Crippen LogP contribution in [-0.4, -0.2) is 29.8 Å². The molecule has 1 aliphatic rings. The predicted molar refractivity (Wildman–Crippen MR) is 124 cm³/mol. The van der Waals surface area contributed by atoms with Crippen molar-refractivity contribution in [2.24, 2.45) is 5.92 Å². The number of anilines is 1. The number of aromatic nitrogens is 1. The van der Waals surface area contributed by atoms with E-state index in [1.165, 1.54) is 19.4 Å². The van der Waals surface area contributed by atoms with E-state index in [2.05, 4.69) is 28.5 Å². The lowest BCUT2D eigenvalue weighted by molar-refractivity contribution is -0.112. The van der Waals surface area contributed by atoms with Gasteiger partial charge >= 0.3 is 0 Å². The molecule has 2 heterocycles. The highest BCUT2D eigenvalue weighted by molar-refractivity contribution is 6.06. The fourth-order valence-corrected chi connectivity index (χ4v) is 3.34. The van der Waals surface area contributed by atoms with Gasteiger partial charge in [0, 0.05) is 28.7 Å². The molecule has 0 aliphatic carbocycles. The van der Waals surface area contributed by atoms with Crippen LogP contribution < -0.4 is 5.32 Å². The van der Waals surface area contributed by atoms with Crippen LogP contribution in [0.3, 0.4) is 0 Å². The molecule has 0 spiro atoms. The van der Waals surface area contributed by atoms with E-state index in [1.54, 1.807) is 31.3 Å². The molecule has 1 fully saturated rings. The number of benzene rings is 1. The first-order chi connectivity index (χ1) is 14.7. The average molecular weight is 423 g/mol. The fourth-order valence-electron chi connectivity index (χ4n) is 3.34. The molecule has 1 saturated heterocycles. The van der Waals surface area contributed by atoms with Crippen LogP contribution in [0.15, 0.2) is 60.3 Å². The second-order valence-corrected chi connectivity index (χ2v) is 8.65. The topological polar surface area (TPSA) is 51.2 Å². The molecular formula is C26H31FN2O2. The molecule has 1 atom stereocenters. The molecule has 1 amide bonds. The summed E-state index contributed by atoms with van der Waals surface area (Å²) in [5.74, 6) is -0.257. The van der Waals surface area contributed by atoms with Gasteiger partial charge in [0.15, 0.2) is 0 Å². The van der Waals surface area contributed by atoms with Gasteiger partial charge in [0.25, 0.3) is 5.91 Å². The number of nitrogens with one attached hydrogen (secondary N) is 1. The first-order valence-electron chi connectivity index (χ1n) is 10.7. The Balaban J connectivity index is 1.85. The molecule has 31 heavy (non-hydrogen) atoms. The molecule has 1 aromatic carbocycles. The standard InChI is InChI=1S/C26H31FN2O2/c1-6-8-21(11-17(2)26(4,5)27)25(30)29-23-13-24(18(3)28-14-23)20-10-7-9-19(12-20)22-15-31-16-22/h6-14,17,22H,15-16H2,1-5H3,(H,29,30)/b8-6-,21-11+. The average Bonchev–Trinajstić information content (AvgIpc) is 2.67. The molecular weight excluding hydrogens is 391 g/mol. The van der Waals surface area contributed by atoms with Gasteiger partial charge in [0.1, 0.15) is 5.67 Å². The Labute approximate surface area is 184 Å². The SMILES string of the molecule is C/C=C\C(=C/C(C)C(C)(C)F)C(=O)Nc1cnc(C)c(-c2cccc(C3COC3)c2)c1. The minimum Gasteiger partial charge on any atom is -0.380 e. The summed E-state index contributed by atoms with van der Waals surface area (Å²) in [6.07, 6.45) is 6.79. The molecule has 1 unspecified atom stereocenters. The second-order valence-electron chi connectivity index (χ2n) is 8.65. The van der Waals surface area contributed by atoms with Crippen LogP contribution >= 0.6 is 0 Å². The number of rotatable bonds is 7. The molecule has 0 bridgehead atoms. The Morgan fingerprint density at radius 1 is 1.32 bits per heavy atom. The summed E-state index contributed by atoms with van der Waals surface area (Å²) in [6, 6.07) is 10.3. The maximum absolute atomic E-state index is 14.3. The molecule has 4 nitrogen and oxygen atoms in total. The molecule has 0 radical (unpaired) electrons. The van der Waals surface area contributed by atoms with Gasteiger partial charge in [-0.25, -0.2) is 4.39 Å². The first kappa shape index (κ1) is 22.9. The predicted octanol–water partition coefficient (Wildman–Crippen LogP) is 6.00. The Morgan fingerprint density at radius 2 is 2.06 bits per heavy atom. The maximum atomic E-state index is 14.3. The van der Waals surface area contributed by atoms with E-state index in [0.29, 0.717) is 17.2 Å². The van der Waals surface area contributed by atoms with Crippen LogP contribution in [0.5, 0.6) is 0 Å². The minimum absolute atomic E-state index is 0.286. The fraction of sp³-hybridized carbons (Fsp3) is 0.385. The zero-order valence-corrected chi connectivity index (χ0v) is 18.9. The highest BCUT2D eigenvalue weighted by atomic mass is 19.1. The minimum atomic E-state index is -1.41. The zero-order chi connectivity index (χ0) is 22.6. The highest BCUT2D eigenvalue weighted by Crippen LogP contribution is 2.31. The van der Waals surface area contributed by atoms with Gasteiger partial charge in [-0.15, -0.1) is 0 Å². The van der Waals surface area contributed by atoms with Crippen LogP contribution in [0.1, 0.15) is 44.9 Å². The number of aryl methyl sites for hydroxylation is 1. The maximum Gasteiger partial charge on any atom is 0.255 e. The normalized spacial score (nSPS) is 16.3. The number of amides is 1. The van der Waals surface area contributed by atoms with Crippen LogP contribution in [0.2, 0.25) is 0 Å². The molecule has 1 N–H and O–H groups in total. The number of hydrogen-bond acceptors (Lipinski definition) is 3. The summed E-state index contributed by atoms with van der Waals surface area (Å²) >= 11 is 0. The zero-order valence-electron chi connectivity index (χ0n) is 18.9. The van der Waals surface area contributed by atoms with Crippen LogP contribution in [0.4, 0.5) is 10.1 Å². The number of hydrogen-bond donors (Lipinski definition) is 1. The summed E-state index contributed by atoms with van der Waals surface area (Å²) < 4.78 is 19.6. The number of carbonyl (C=O) groups is 1. The van der Waals surface area contributed by atoms with E-state index in [9.17, 15) is 9.18 Å². The van der Waals surface area contributed by atoms with Gasteiger partial charge in [-0.05, 0) is 44.9 Å². The monoisotopic (exact) mass is 422 g/mol. The number of carbonyl (C=O) groups excluding carboxylic acids is 1. The molecule has 1 aromatic heterocycles. The summed E-state index contributed by atoms with van der Waals surface area (Å²) in [5, 5.41) is 2.92. The van der Waals surface area contributed by atoms with E-state index >= 15 is 0 Å². The summed E-state index contributed by atoms with van der Waals surface area (Å²) in [7, 11) is 0. The van der Waals surface area contributed by atoms with Gasteiger partial charge in [-0.2, -0.15) is 0 Å². The Morgan fingerprint density at radius 3 is 2.68 bits per heavy atom. The van der Waals surface area contributed by atoms with E-state index in [4.69, 9.17) is 4.74 Å². The highest BCUT2D eigenvalue weighted by Gasteiger charge is 2.24. The van der Waals surface area contributed by atoms with Crippen molar-refractivity contribution in [2.75, 3.05) is 18.5 Å². The van der Waals surface area contributed by atoms with Crippen molar-refractivity contribution in [1.82, 2.24) is 4.98 Å². The molecule has 5 heteroatoms. The van der Waals surface area contributed by atoms with Crippen molar-refractivity contribution in [1.29, 1.82) is 0 Å². The van der Waals surface area contributed by atoms with Crippen molar-refractivity contribution < 1.29 is 13.9 Å². The lowest BCUT2D eigenvalue weighted by atomic mass is 9.92. The Bertz CT molecular complexity index is 1000. The quantitative estimate of drug-likeness (QED) is 0.440. The number of allylic oxidation sites excluding steroid dienone is 2. The number of ether oxygens (including phenoxy) is 1. The van der Waals surface area contributed by atoms with Crippen LogP contribution in [-0.2, 0) is 9.53 Å². The van der Waals surface area contributed by atoms with Gasteiger partial charge in [0.2, 0.25) is 0 Å². The smallest absolute Gasteiger partial charge is 0.255 e. The van der Waals surface area contributed by atoms with Crippen LogP contribution in [0.25, 0.3) is 11.1 Å². The third-order valence-corrected chi connectivity index (χ3v) is 5.77. The summed E-state index contributed by atoms with van der Waals surface area (Å²) in [5.41, 5.74) is 3.77. The van der Waals surface area contributed by atoms with E-state index in [1.807, 2.05) is 26.0 Å². The number of halogens is 1. The van der Waals surface area contributed by atoms with Crippen molar-refractivity contribution in [3.8, 4) is 11.1 Å². The van der Waals surface area contributed by atoms with E-state index in [0.717, 1.165) is 30.0 Å². The van der Waals surface area contributed by atoms with Crippen molar-refractivity contribution in [3.63, 3.8) is 0 Å².